The normalized spacial score (nSPS) is 19.8. The van der Waals surface area contributed by atoms with E-state index < -0.39 is 0 Å². The first kappa shape index (κ1) is 15.6. The van der Waals surface area contributed by atoms with Gasteiger partial charge in [0.1, 0.15) is 0 Å². The van der Waals surface area contributed by atoms with Crippen LogP contribution in [-0.2, 0) is 4.74 Å². The molecule has 2 fully saturated rings. The van der Waals surface area contributed by atoms with Gasteiger partial charge in [-0.1, -0.05) is 11.6 Å². The molecule has 0 radical (unpaired) electrons. The monoisotopic (exact) mass is 324 g/mol. The molecule has 1 aromatic carbocycles. The zero-order valence-corrected chi connectivity index (χ0v) is 13.2. The second kappa shape index (κ2) is 6.44. The highest BCUT2D eigenvalue weighted by molar-refractivity contribution is 6.31. The van der Waals surface area contributed by atoms with Crippen molar-refractivity contribution in [2.45, 2.75) is 12.8 Å². The van der Waals surface area contributed by atoms with Crippen molar-refractivity contribution in [3.8, 4) is 0 Å². The molecule has 0 saturated carbocycles. The largest absolute Gasteiger partial charge is 0.396 e. The number of hydrogen-bond acceptors (Lipinski definition) is 4. The van der Waals surface area contributed by atoms with E-state index in [0.29, 0.717) is 30.3 Å². The number of benzene rings is 1. The SMILES string of the molecule is O=C(c1cc(Cl)ccc1NCC1(CO)COC1)N1CCCC1. The van der Waals surface area contributed by atoms with Crippen LogP contribution in [0.1, 0.15) is 23.2 Å². The number of ether oxygens (including phenoxy) is 1. The molecule has 6 heteroatoms. The lowest BCUT2D eigenvalue weighted by atomic mass is 9.87. The third-order valence-electron chi connectivity index (χ3n) is 4.41. The van der Waals surface area contributed by atoms with E-state index in [1.165, 1.54) is 0 Å². The number of amides is 1. The number of aliphatic hydroxyl groups is 1. The van der Waals surface area contributed by atoms with E-state index >= 15 is 0 Å². The van der Waals surface area contributed by atoms with E-state index in [1.807, 2.05) is 11.0 Å². The Labute approximate surface area is 135 Å². The summed E-state index contributed by atoms with van der Waals surface area (Å²) in [6, 6.07) is 5.32. The van der Waals surface area contributed by atoms with Crippen LogP contribution in [0.3, 0.4) is 0 Å². The molecule has 120 valence electrons. The predicted molar refractivity (Wildman–Crippen MR) is 85.4 cm³/mol. The molecular formula is C16H21ClN2O3. The molecule has 1 aromatic rings. The first-order valence-electron chi connectivity index (χ1n) is 7.65. The summed E-state index contributed by atoms with van der Waals surface area (Å²) in [5.41, 5.74) is 1.12. The fourth-order valence-electron chi connectivity index (χ4n) is 2.86. The Morgan fingerprint density at radius 3 is 2.68 bits per heavy atom. The summed E-state index contributed by atoms with van der Waals surface area (Å²) < 4.78 is 5.20. The van der Waals surface area contributed by atoms with Gasteiger partial charge in [0.15, 0.2) is 0 Å². The predicted octanol–water partition coefficient (Wildman–Crippen LogP) is 2.00. The van der Waals surface area contributed by atoms with E-state index in [9.17, 15) is 9.90 Å². The number of likely N-dealkylation sites (tertiary alicyclic amines) is 1. The summed E-state index contributed by atoms with van der Waals surface area (Å²) in [5.74, 6) is 0.0189. The average molecular weight is 325 g/mol. The van der Waals surface area contributed by atoms with Gasteiger partial charge < -0.3 is 20.1 Å². The lowest BCUT2D eigenvalue weighted by molar-refractivity contribution is -0.128. The van der Waals surface area contributed by atoms with Crippen LogP contribution in [0.5, 0.6) is 0 Å². The van der Waals surface area contributed by atoms with Crippen molar-refractivity contribution in [3.63, 3.8) is 0 Å². The Bertz CT molecular complexity index is 549. The number of carbonyl (C=O) groups is 1. The quantitative estimate of drug-likeness (QED) is 0.869. The molecule has 0 aliphatic carbocycles. The summed E-state index contributed by atoms with van der Waals surface area (Å²) in [7, 11) is 0. The van der Waals surface area contributed by atoms with Crippen molar-refractivity contribution in [1.29, 1.82) is 0 Å². The Morgan fingerprint density at radius 1 is 1.36 bits per heavy atom. The van der Waals surface area contributed by atoms with Crippen LogP contribution in [0.4, 0.5) is 5.69 Å². The molecule has 0 bridgehead atoms. The smallest absolute Gasteiger partial charge is 0.256 e. The standard InChI is InChI=1S/C16H21ClN2O3/c17-12-3-4-14(18-8-16(9-20)10-22-11-16)13(7-12)15(21)19-5-1-2-6-19/h3-4,7,18,20H,1-2,5-6,8-11H2. The van der Waals surface area contributed by atoms with Crippen molar-refractivity contribution >= 4 is 23.2 Å². The molecule has 2 N–H and O–H groups in total. The Morgan fingerprint density at radius 2 is 2.09 bits per heavy atom. The molecule has 0 unspecified atom stereocenters. The summed E-state index contributed by atoms with van der Waals surface area (Å²) in [6.45, 7) is 3.34. The van der Waals surface area contributed by atoms with Gasteiger partial charge in [0.05, 0.1) is 30.8 Å². The van der Waals surface area contributed by atoms with Crippen LogP contribution in [-0.4, -0.2) is 55.4 Å². The van der Waals surface area contributed by atoms with Crippen LogP contribution in [0.15, 0.2) is 18.2 Å². The number of carbonyl (C=O) groups excluding carboxylic acids is 1. The van der Waals surface area contributed by atoms with Gasteiger partial charge in [-0.3, -0.25) is 4.79 Å². The first-order valence-corrected chi connectivity index (χ1v) is 8.03. The second-order valence-corrected chi connectivity index (χ2v) is 6.63. The molecule has 0 aromatic heterocycles. The lowest BCUT2D eigenvalue weighted by Gasteiger charge is -2.40. The molecule has 2 aliphatic rings. The molecule has 0 spiro atoms. The van der Waals surface area contributed by atoms with Crippen molar-refractivity contribution < 1.29 is 14.6 Å². The molecule has 22 heavy (non-hydrogen) atoms. The van der Waals surface area contributed by atoms with Gasteiger partial charge in [-0.15, -0.1) is 0 Å². The van der Waals surface area contributed by atoms with Crippen molar-refractivity contribution in [2.24, 2.45) is 5.41 Å². The maximum Gasteiger partial charge on any atom is 0.256 e. The minimum Gasteiger partial charge on any atom is -0.396 e. The molecule has 3 rings (SSSR count). The Hall–Kier alpha value is -1.30. The minimum absolute atomic E-state index is 0.0189. The number of aliphatic hydroxyl groups excluding tert-OH is 1. The van der Waals surface area contributed by atoms with E-state index in [2.05, 4.69) is 5.32 Å². The highest BCUT2D eigenvalue weighted by atomic mass is 35.5. The molecule has 1 amide bonds. The van der Waals surface area contributed by atoms with Gasteiger partial charge in [0.25, 0.3) is 5.91 Å². The molecule has 5 nitrogen and oxygen atoms in total. The number of nitrogens with zero attached hydrogens (tertiary/aromatic N) is 1. The lowest BCUT2D eigenvalue weighted by Crippen LogP contribution is -2.50. The van der Waals surface area contributed by atoms with Crippen molar-refractivity contribution in [3.05, 3.63) is 28.8 Å². The highest BCUT2D eigenvalue weighted by Gasteiger charge is 2.38. The van der Waals surface area contributed by atoms with Crippen LogP contribution in [0.25, 0.3) is 0 Å². The fraction of sp³-hybridized carbons (Fsp3) is 0.562. The highest BCUT2D eigenvalue weighted by Crippen LogP contribution is 2.29. The Kier molecular flexibility index (Phi) is 4.57. The number of halogens is 1. The molecule has 2 saturated heterocycles. The topological polar surface area (TPSA) is 61.8 Å². The summed E-state index contributed by atoms with van der Waals surface area (Å²) in [5, 5.41) is 13.3. The fourth-order valence-corrected chi connectivity index (χ4v) is 3.03. The maximum absolute atomic E-state index is 12.7. The van der Waals surface area contributed by atoms with Gasteiger partial charge in [-0.25, -0.2) is 0 Å². The zero-order chi connectivity index (χ0) is 15.6. The van der Waals surface area contributed by atoms with Gasteiger partial charge >= 0.3 is 0 Å². The van der Waals surface area contributed by atoms with E-state index in [4.69, 9.17) is 16.3 Å². The number of hydrogen-bond donors (Lipinski definition) is 2. The van der Waals surface area contributed by atoms with E-state index in [1.54, 1.807) is 12.1 Å². The zero-order valence-electron chi connectivity index (χ0n) is 12.5. The number of anilines is 1. The van der Waals surface area contributed by atoms with Gasteiger partial charge in [-0.05, 0) is 31.0 Å². The molecule has 2 aliphatic heterocycles. The molecule has 0 atom stereocenters. The van der Waals surface area contributed by atoms with Crippen molar-refractivity contribution in [2.75, 3.05) is 44.8 Å². The third-order valence-corrected chi connectivity index (χ3v) is 4.65. The van der Waals surface area contributed by atoms with Gasteiger partial charge in [0, 0.05) is 30.3 Å². The second-order valence-electron chi connectivity index (χ2n) is 6.19. The van der Waals surface area contributed by atoms with Crippen LogP contribution in [0.2, 0.25) is 5.02 Å². The van der Waals surface area contributed by atoms with Crippen LogP contribution >= 0.6 is 11.6 Å². The number of rotatable bonds is 5. The van der Waals surface area contributed by atoms with Gasteiger partial charge in [0.2, 0.25) is 0 Å². The van der Waals surface area contributed by atoms with Crippen LogP contribution < -0.4 is 5.32 Å². The van der Waals surface area contributed by atoms with E-state index in [0.717, 1.165) is 31.6 Å². The van der Waals surface area contributed by atoms with Gasteiger partial charge in [-0.2, -0.15) is 0 Å². The minimum atomic E-state index is -0.242. The third kappa shape index (κ3) is 3.07. The summed E-state index contributed by atoms with van der Waals surface area (Å²) in [4.78, 5) is 14.5. The first-order chi connectivity index (χ1) is 10.6. The summed E-state index contributed by atoms with van der Waals surface area (Å²) >= 11 is 6.06. The average Bonchev–Trinajstić information content (AvgIpc) is 3.01. The van der Waals surface area contributed by atoms with E-state index in [-0.39, 0.29) is 17.9 Å². The summed E-state index contributed by atoms with van der Waals surface area (Å²) in [6.07, 6.45) is 2.11. The molecule has 2 heterocycles. The Balaban J connectivity index is 1.76. The molecular weight excluding hydrogens is 304 g/mol. The van der Waals surface area contributed by atoms with Crippen LogP contribution in [0, 0.1) is 5.41 Å². The van der Waals surface area contributed by atoms with Crippen molar-refractivity contribution in [1.82, 2.24) is 4.90 Å². The maximum atomic E-state index is 12.7. The number of nitrogens with one attached hydrogen (secondary N) is 1.